The van der Waals surface area contributed by atoms with Gasteiger partial charge in [-0.15, -0.1) is 0 Å². The van der Waals surface area contributed by atoms with Gasteiger partial charge < -0.3 is 9.67 Å². The van der Waals surface area contributed by atoms with Crippen LogP contribution in [0, 0.1) is 0 Å². The monoisotopic (exact) mass is 325 g/mol. The molecule has 1 aromatic heterocycles. The summed E-state index contributed by atoms with van der Waals surface area (Å²) < 4.78 is 3.10. The fraction of sp³-hybridized carbons (Fsp3) is 0.286. The van der Waals surface area contributed by atoms with E-state index in [9.17, 15) is 5.11 Å². The normalized spacial score (nSPS) is 18.7. The van der Waals surface area contributed by atoms with E-state index in [0.29, 0.717) is 5.02 Å². The van der Waals surface area contributed by atoms with Gasteiger partial charge in [0.15, 0.2) is 0 Å². The van der Waals surface area contributed by atoms with Crippen molar-refractivity contribution in [2.45, 2.75) is 25.4 Å². The Morgan fingerprint density at radius 3 is 2.94 bits per heavy atom. The third kappa shape index (κ3) is 2.00. The minimum atomic E-state index is -0.318. The first-order chi connectivity index (χ1) is 8.66. The molecule has 1 N–H and O–H groups in total. The maximum absolute atomic E-state index is 9.99. The number of aliphatic hydroxyl groups is 1. The molecule has 0 radical (unpaired) electrons. The molecule has 3 rings (SSSR count). The van der Waals surface area contributed by atoms with Gasteiger partial charge in [-0.2, -0.15) is 0 Å². The molecule has 94 valence electrons. The zero-order chi connectivity index (χ0) is 12.7. The third-order valence-electron chi connectivity index (χ3n) is 3.45. The van der Waals surface area contributed by atoms with Crippen molar-refractivity contribution in [1.82, 2.24) is 4.57 Å². The SMILES string of the molecule is OC1CCCc2c1ccn2-c1ccc(Cl)cc1Br. The molecule has 1 atom stereocenters. The quantitative estimate of drug-likeness (QED) is 0.832. The van der Waals surface area contributed by atoms with Gasteiger partial charge in [-0.25, -0.2) is 0 Å². The van der Waals surface area contributed by atoms with Gasteiger partial charge in [0.2, 0.25) is 0 Å². The summed E-state index contributed by atoms with van der Waals surface area (Å²) in [6.07, 6.45) is 4.60. The standard InChI is InChI=1S/C14H13BrClNO/c15-11-8-9(16)4-5-13(11)17-7-6-10-12(17)2-1-3-14(10)18/h4-8,14,18H,1-3H2. The van der Waals surface area contributed by atoms with Crippen molar-refractivity contribution in [3.63, 3.8) is 0 Å². The molecule has 1 aliphatic rings. The fourth-order valence-electron chi connectivity index (χ4n) is 2.57. The number of hydrogen-bond acceptors (Lipinski definition) is 1. The zero-order valence-electron chi connectivity index (χ0n) is 9.74. The number of aliphatic hydroxyl groups excluding tert-OH is 1. The smallest absolute Gasteiger partial charge is 0.0807 e. The van der Waals surface area contributed by atoms with Crippen LogP contribution in [-0.2, 0) is 6.42 Å². The van der Waals surface area contributed by atoms with Crippen LogP contribution in [0.4, 0.5) is 0 Å². The van der Waals surface area contributed by atoms with Crippen LogP contribution in [0.3, 0.4) is 0 Å². The largest absolute Gasteiger partial charge is 0.388 e. The molecule has 1 unspecified atom stereocenters. The van der Waals surface area contributed by atoms with Crippen molar-refractivity contribution in [1.29, 1.82) is 0 Å². The molecule has 0 saturated carbocycles. The molecule has 18 heavy (non-hydrogen) atoms. The van der Waals surface area contributed by atoms with Gasteiger partial charge in [-0.1, -0.05) is 11.6 Å². The first-order valence-electron chi connectivity index (χ1n) is 6.00. The van der Waals surface area contributed by atoms with Crippen LogP contribution >= 0.6 is 27.5 Å². The molecular formula is C14H13BrClNO. The van der Waals surface area contributed by atoms with Crippen molar-refractivity contribution in [2.75, 3.05) is 0 Å². The third-order valence-corrected chi connectivity index (χ3v) is 4.32. The second-order valence-electron chi connectivity index (χ2n) is 4.59. The van der Waals surface area contributed by atoms with Gasteiger partial charge in [-0.05, 0) is 59.5 Å². The lowest BCUT2D eigenvalue weighted by Crippen LogP contribution is -2.11. The molecule has 4 heteroatoms. The number of fused-ring (bicyclic) bond motifs is 1. The lowest BCUT2D eigenvalue weighted by molar-refractivity contribution is 0.156. The molecule has 1 aromatic carbocycles. The second-order valence-corrected chi connectivity index (χ2v) is 5.88. The molecule has 0 amide bonds. The molecule has 2 aromatic rings. The van der Waals surface area contributed by atoms with E-state index in [-0.39, 0.29) is 6.10 Å². The Morgan fingerprint density at radius 2 is 2.17 bits per heavy atom. The van der Waals surface area contributed by atoms with E-state index in [0.717, 1.165) is 35.0 Å². The van der Waals surface area contributed by atoms with Crippen LogP contribution in [0.2, 0.25) is 5.02 Å². The highest BCUT2D eigenvalue weighted by Gasteiger charge is 2.22. The molecule has 0 saturated heterocycles. The topological polar surface area (TPSA) is 25.2 Å². The van der Waals surface area contributed by atoms with Gasteiger partial charge in [-0.3, -0.25) is 0 Å². The Morgan fingerprint density at radius 1 is 1.33 bits per heavy atom. The van der Waals surface area contributed by atoms with Gasteiger partial charge in [0.1, 0.15) is 0 Å². The Bertz CT molecular complexity index is 593. The van der Waals surface area contributed by atoms with Gasteiger partial charge in [0.05, 0.1) is 11.8 Å². The number of halogens is 2. The van der Waals surface area contributed by atoms with Crippen LogP contribution in [0.5, 0.6) is 0 Å². The molecular weight excluding hydrogens is 314 g/mol. The highest BCUT2D eigenvalue weighted by molar-refractivity contribution is 9.10. The van der Waals surface area contributed by atoms with Gasteiger partial charge in [0.25, 0.3) is 0 Å². The van der Waals surface area contributed by atoms with Crippen LogP contribution in [0.25, 0.3) is 5.69 Å². The Kier molecular flexibility index (Phi) is 3.22. The summed E-state index contributed by atoms with van der Waals surface area (Å²) in [4.78, 5) is 0. The van der Waals surface area contributed by atoms with E-state index < -0.39 is 0 Å². The van der Waals surface area contributed by atoms with Crippen molar-refractivity contribution < 1.29 is 5.11 Å². The lowest BCUT2D eigenvalue weighted by atomic mass is 9.95. The number of aromatic nitrogens is 1. The van der Waals surface area contributed by atoms with E-state index >= 15 is 0 Å². The van der Waals surface area contributed by atoms with E-state index in [2.05, 4.69) is 20.5 Å². The van der Waals surface area contributed by atoms with Crippen molar-refractivity contribution in [3.05, 3.63) is 51.2 Å². The molecule has 0 fully saturated rings. The maximum atomic E-state index is 9.99. The summed E-state index contributed by atoms with van der Waals surface area (Å²) in [7, 11) is 0. The van der Waals surface area contributed by atoms with E-state index in [1.54, 1.807) is 0 Å². The zero-order valence-corrected chi connectivity index (χ0v) is 12.1. The van der Waals surface area contributed by atoms with Crippen LogP contribution in [0.15, 0.2) is 34.9 Å². The van der Waals surface area contributed by atoms with Crippen molar-refractivity contribution in [2.24, 2.45) is 0 Å². The fourth-order valence-corrected chi connectivity index (χ4v) is 3.44. The summed E-state index contributed by atoms with van der Waals surface area (Å²) in [5, 5.41) is 10.7. The highest BCUT2D eigenvalue weighted by atomic mass is 79.9. The second kappa shape index (κ2) is 4.72. The number of rotatable bonds is 1. The molecule has 2 nitrogen and oxygen atoms in total. The average Bonchev–Trinajstić information content (AvgIpc) is 2.74. The Hall–Kier alpha value is -0.770. The molecule has 0 aliphatic heterocycles. The van der Waals surface area contributed by atoms with Gasteiger partial charge >= 0.3 is 0 Å². The Labute approximate surface area is 119 Å². The number of hydrogen-bond donors (Lipinski definition) is 1. The highest BCUT2D eigenvalue weighted by Crippen LogP contribution is 2.34. The molecule has 1 heterocycles. The van der Waals surface area contributed by atoms with E-state index in [4.69, 9.17) is 11.6 Å². The summed E-state index contributed by atoms with van der Waals surface area (Å²) in [5.41, 5.74) is 3.33. The van der Waals surface area contributed by atoms with Gasteiger partial charge in [0, 0.05) is 26.9 Å². The van der Waals surface area contributed by atoms with E-state index in [1.807, 2.05) is 30.5 Å². The van der Waals surface area contributed by atoms with Crippen molar-refractivity contribution in [3.8, 4) is 5.69 Å². The lowest BCUT2D eigenvalue weighted by Gasteiger charge is -2.20. The summed E-state index contributed by atoms with van der Waals surface area (Å²) in [5.74, 6) is 0. The predicted molar refractivity (Wildman–Crippen MR) is 76.4 cm³/mol. The molecule has 0 bridgehead atoms. The summed E-state index contributed by atoms with van der Waals surface area (Å²) >= 11 is 9.51. The predicted octanol–water partition coefficient (Wildman–Crippen LogP) is 4.26. The number of benzene rings is 1. The summed E-state index contributed by atoms with van der Waals surface area (Å²) in [6.45, 7) is 0. The number of nitrogens with zero attached hydrogens (tertiary/aromatic N) is 1. The average molecular weight is 327 g/mol. The summed E-state index contributed by atoms with van der Waals surface area (Å²) in [6, 6.07) is 7.78. The maximum Gasteiger partial charge on any atom is 0.0807 e. The van der Waals surface area contributed by atoms with Crippen LogP contribution in [-0.4, -0.2) is 9.67 Å². The van der Waals surface area contributed by atoms with Crippen LogP contribution in [0.1, 0.15) is 30.2 Å². The molecule has 1 aliphatic carbocycles. The van der Waals surface area contributed by atoms with E-state index in [1.165, 1.54) is 5.69 Å². The van der Waals surface area contributed by atoms with Crippen LogP contribution < -0.4 is 0 Å². The minimum absolute atomic E-state index is 0.318. The first kappa shape index (κ1) is 12.3. The molecule has 0 spiro atoms. The Balaban J connectivity index is 2.12. The van der Waals surface area contributed by atoms with Crippen molar-refractivity contribution >= 4 is 27.5 Å². The first-order valence-corrected chi connectivity index (χ1v) is 7.17. The minimum Gasteiger partial charge on any atom is -0.388 e.